The van der Waals surface area contributed by atoms with Crippen LogP contribution in [0.3, 0.4) is 0 Å². The number of aliphatic imine (C=N–C) groups is 1. The molecule has 13 heteroatoms. The molecule has 0 radical (unpaired) electrons. The summed E-state index contributed by atoms with van der Waals surface area (Å²) < 4.78 is 51.1. The van der Waals surface area contributed by atoms with Gasteiger partial charge in [0, 0.05) is 36.5 Å². The summed E-state index contributed by atoms with van der Waals surface area (Å²) in [4.78, 5) is 21.5. The monoisotopic (exact) mass is 596 g/mol. The Morgan fingerprint density at radius 3 is 2.58 bits per heavy atom. The van der Waals surface area contributed by atoms with Gasteiger partial charge in [0.15, 0.2) is 5.54 Å². The molecular formula is C30H31F3N6O4. The maximum Gasteiger partial charge on any atom is 0.416 e. The highest BCUT2D eigenvalue weighted by Crippen LogP contribution is 2.34. The molecule has 226 valence electrons. The van der Waals surface area contributed by atoms with Crippen molar-refractivity contribution in [2.45, 2.75) is 50.7 Å². The third kappa shape index (κ3) is 7.83. The van der Waals surface area contributed by atoms with Gasteiger partial charge in [0.1, 0.15) is 11.9 Å². The molecule has 43 heavy (non-hydrogen) atoms. The van der Waals surface area contributed by atoms with Crippen LogP contribution in [0, 0.1) is 0 Å². The number of halogens is 3. The van der Waals surface area contributed by atoms with Crippen molar-refractivity contribution in [1.82, 2.24) is 10.9 Å². The van der Waals surface area contributed by atoms with E-state index in [-0.39, 0.29) is 32.0 Å². The first kappa shape index (κ1) is 31.4. The minimum atomic E-state index is -4.49. The van der Waals surface area contributed by atoms with Gasteiger partial charge in [0.25, 0.3) is 5.91 Å². The van der Waals surface area contributed by atoms with E-state index in [0.29, 0.717) is 35.5 Å². The molecule has 0 fully saturated rings. The number of benzene rings is 3. The second-order valence-corrected chi connectivity index (χ2v) is 9.89. The van der Waals surface area contributed by atoms with Gasteiger partial charge in [-0.2, -0.15) is 13.2 Å². The summed E-state index contributed by atoms with van der Waals surface area (Å²) in [6, 6.07) is 19.0. The van der Waals surface area contributed by atoms with E-state index in [1.54, 1.807) is 49.4 Å². The highest BCUT2D eigenvalue weighted by molar-refractivity contribution is 6.00. The molecule has 0 bridgehead atoms. The largest absolute Gasteiger partial charge is 0.494 e. The number of amides is 1. The van der Waals surface area contributed by atoms with Crippen LogP contribution in [0.5, 0.6) is 5.75 Å². The lowest BCUT2D eigenvalue weighted by molar-refractivity contribution is -0.137. The Kier molecular flexibility index (Phi) is 10.3. The van der Waals surface area contributed by atoms with Crippen LogP contribution in [0.25, 0.3) is 10.4 Å². The number of nitrogens with zero attached hydrogens (tertiary/aromatic N) is 4. The topological polar surface area (TPSA) is 141 Å². The molecule has 3 aromatic carbocycles. The van der Waals surface area contributed by atoms with Crippen LogP contribution in [-0.4, -0.2) is 41.8 Å². The molecule has 0 saturated heterocycles. The first-order valence-corrected chi connectivity index (χ1v) is 13.5. The molecule has 1 aliphatic rings. The molecule has 0 aliphatic carbocycles. The molecule has 4 rings (SSSR count). The molecule has 0 spiro atoms. The molecule has 0 saturated carbocycles. The lowest BCUT2D eigenvalue weighted by Crippen LogP contribution is -2.55. The number of aliphatic hydroxyl groups excluding tert-OH is 1. The van der Waals surface area contributed by atoms with E-state index < -0.39 is 29.3 Å². The van der Waals surface area contributed by atoms with Gasteiger partial charge in [-0.15, -0.1) is 0 Å². The van der Waals surface area contributed by atoms with Crippen molar-refractivity contribution < 1.29 is 32.5 Å². The minimum absolute atomic E-state index is 0.0194. The Bertz CT molecular complexity index is 1490. The predicted molar refractivity (Wildman–Crippen MR) is 153 cm³/mol. The molecular weight excluding hydrogens is 565 g/mol. The number of carbonyl (C=O) groups excluding carboxylic acids is 1. The fraction of sp³-hybridized carbons (Fsp3) is 0.333. The van der Waals surface area contributed by atoms with Gasteiger partial charge >= 0.3 is 6.18 Å². The van der Waals surface area contributed by atoms with E-state index in [1.165, 1.54) is 12.1 Å². The van der Waals surface area contributed by atoms with Crippen LogP contribution in [0.15, 0.2) is 82.9 Å². The molecule has 3 N–H and O–H groups in total. The zero-order chi connectivity index (χ0) is 30.9. The average Bonchev–Trinajstić information content (AvgIpc) is 3.33. The van der Waals surface area contributed by atoms with E-state index >= 15 is 0 Å². The lowest BCUT2D eigenvalue weighted by atomic mass is 9.84. The van der Waals surface area contributed by atoms with Crippen LogP contribution >= 0.6 is 0 Å². The van der Waals surface area contributed by atoms with E-state index in [4.69, 9.17) is 25.1 Å². The van der Waals surface area contributed by atoms with E-state index in [0.717, 1.165) is 17.7 Å². The van der Waals surface area contributed by atoms with Gasteiger partial charge in [0.05, 0.1) is 18.7 Å². The van der Waals surface area contributed by atoms with Crippen LogP contribution in [0.2, 0.25) is 0 Å². The van der Waals surface area contributed by atoms with Crippen molar-refractivity contribution in [2.24, 2.45) is 10.1 Å². The number of hydrogen-bond acceptors (Lipinski definition) is 7. The summed E-state index contributed by atoms with van der Waals surface area (Å²) in [5.74, 6) is 0.276. The van der Waals surface area contributed by atoms with Crippen molar-refractivity contribution in [3.05, 3.63) is 111 Å². The van der Waals surface area contributed by atoms with Crippen LogP contribution in [0.4, 0.5) is 13.2 Å². The highest BCUT2D eigenvalue weighted by atomic mass is 19.4. The van der Waals surface area contributed by atoms with E-state index in [1.807, 2.05) is 6.07 Å². The minimum Gasteiger partial charge on any atom is -0.494 e. The third-order valence-electron chi connectivity index (χ3n) is 6.96. The van der Waals surface area contributed by atoms with Gasteiger partial charge in [-0.05, 0) is 59.5 Å². The molecule has 3 aromatic rings. The first-order valence-electron chi connectivity index (χ1n) is 13.5. The highest BCUT2D eigenvalue weighted by Gasteiger charge is 2.50. The Labute approximate surface area is 246 Å². The number of nitrogens with one attached hydrogen (secondary N) is 2. The second kappa shape index (κ2) is 14.1. The Hall–Kier alpha value is -4.58. The van der Waals surface area contributed by atoms with Gasteiger partial charge in [-0.25, -0.2) is 10.4 Å². The van der Waals surface area contributed by atoms with E-state index in [9.17, 15) is 18.0 Å². The Balaban J connectivity index is 1.60. The van der Waals surface area contributed by atoms with E-state index in [2.05, 4.69) is 20.9 Å². The molecule has 1 amide bonds. The van der Waals surface area contributed by atoms with Gasteiger partial charge in [0.2, 0.25) is 5.90 Å². The number of hydrazine groups is 1. The predicted octanol–water partition coefficient (Wildman–Crippen LogP) is 5.24. The summed E-state index contributed by atoms with van der Waals surface area (Å²) in [6.07, 6.45) is -4.65. The average molecular weight is 597 g/mol. The SMILES string of the molecule is C[C@@H]1OC(c2ccc(OCCCO)cc2)=N[C@]1(Cc1ccccc1CN=[N+]=[N-])C(=O)NNCc1cccc(C(F)(F)F)c1. The number of rotatable bonds is 13. The molecule has 10 nitrogen and oxygen atoms in total. The van der Waals surface area contributed by atoms with Crippen molar-refractivity contribution in [1.29, 1.82) is 0 Å². The number of hydrogen-bond donors (Lipinski definition) is 3. The van der Waals surface area contributed by atoms with Gasteiger partial charge < -0.3 is 14.6 Å². The summed E-state index contributed by atoms with van der Waals surface area (Å²) in [5, 5.41) is 12.6. The van der Waals surface area contributed by atoms with Crippen LogP contribution < -0.4 is 15.6 Å². The fourth-order valence-electron chi connectivity index (χ4n) is 4.62. The zero-order valence-electron chi connectivity index (χ0n) is 23.3. The number of azide groups is 1. The molecule has 1 aliphatic heterocycles. The smallest absolute Gasteiger partial charge is 0.416 e. The molecule has 1 heterocycles. The number of aliphatic hydroxyl groups is 1. The number of alkyl halides is 3. The Morgan fingerprint density at radius 2 is 1.88 bits per heavy atom. The summed E-state index contributed by atoms with van der Waals surface area (Å²) in [6.45, 7) is 2.09. The fourth-order valence-corrected chi connectivity index (χ4v) is 4.62. The van der Waals surface area contributed by atoms with Crippen molar-refractivity contribution >= 4 is 11.8 Å². The van der Waals surface area contributed by atoms with Gasteiger partial charge in [-0.3, -0.25) is 10.2 Å². The van der Waals surface area contributed by atoms with Crippen molar-refractivity contribution in [3.8, 4) is 5.75 Å². The molecule has 0 aromatic heterocycles. The lowest BCUT2D eigenvalue weighted by Gasteiger charge is -2.29. The van der Waals surface area contributed by atoms with Crippen LogP contribution in [-0.2, 0) is 35.2 Å². The number of ether oxygens (including phenoxy) is 2. The van der Waals surface area contributed by atoms with Crippen molar-refractivity contribution in [2.75, 3.05) is 13.2 Å². The summed E-state index contributed by atoms with van der Waals surface area (Å²) in [5.41, 5.74) is 14.3. The third-order valence-corrected chi connectivity index (χ3v) is 6.96. The second-order valence-electron chi connectivity index (χ2n) is 9.89. The summed E-state index contributed by atoms with van der Waals surface area (Å²) in [7, 11) is 0. The quantitative estimate of drug-likeness (QED) is 0.0813. The standard InChI is InChI=1S/C30H31F3N6O4/c1-20-29(17-23-7-2-3-8-24(23)19-36-39-34,28(41)38-35-18-21-6-4-9-25(16-21)30(31,32)33)37-27(43-20)22-10-12-26(13-11-22)42-15-5-14-40/h2-4,6-13,16,20,35,40H,5,14-15,17-19H2,1H3,(H,38,41)/t20-,29-/m0/s1. The number of carbonyl (C=O) groups is 1. The zero-order valence-corrected chi connectivity index (χ0v) is 23.3. The van der Waals surface area contributed by atoms with Crippen molar-refractivity contribution in [3.63, 3.8) is 0 Å². The van der Waals surface area contributed by atoms with Gasteiger partial charge in [-0.1, -0.05) is 47.6 Å². The summed E-state index contributed by atoms with van der Waals surface area (Å²) >= 11 is 0. The maximum atomic E-state index is 13.8. The molecule has 0 unspecified atom stereocenters. The van der Waals surface area contributed by atoms with Crippen LogP contribution in [0.1, 0.15) is 41.2 Å². The Morgan fingerprint density at radius 1 is 1.14 bits per heavy atom. The first-order chi connectivity index (χ1) is 20.7. The normalized spacial score (nSPS) is 17.9. The maximum absolute atomic E-state index is 13.8. The molecule has 2 atom stereocenters.